The fraction of sp³-hybridized carbons (Fsp3) is 0.682. The molecule has 1 atom stereocenters. The molecule has 0 N–H and O–H groups in total. The number of esters is 3. The van der Waals surface area contributed by atoms with Crippen molar-refractivity contribution in [3.63, 3.8) is 0 Å². The fourth-order valence-corrected chi connectivity index (χ4v) is 8.06. The van der Waals surface area contributed by atoms with Crippen molar-refractivity contribution in [1.29, 1.82) is 0 Å². The summed E-state index contributed by atoms with van der Waals surface area (Å²) in [5.41, 5.74) is 0. The van der Waals surface area contributed by atoms with Crippen LogP contribution in [0.1, 0.15) is 271 Å². The number of carbonyl (C=O) groups is 3. The summed E-state index contributed by atoms with van der Waals surface area (Å²) < 4.78 is 16.8. The lowest BCUT2D eigenvalue weighted by Crippen LogP contribution is -2.30. The van der Waals surface area contributed by atoms with Gasteiger partial charge in [0.25, 0.3) is 0 Å². The molecule has 6 heteroatoms. The smallest absolute Gasteiger partial charge is 0.306 e. The highest BCUT2D eigenvalue weighted by molar-refractivity contribution is 5.71. The van der Waals surface area contributed by atoms with Gasteiger partial charge >= 0.3 is 17.9 Å². The monoisotopic (exact) mass is 999 g/mol. The van der Waals surface area contributed by atoms with Gasteiger partial charge in [-0.05, 0) is 109 Å². The van der Waals surface area contributed by atoms with E-state index in [0.29, 0.717) is 19.3 Å². The van der Waals surface area contributed by atoms with Gasteiger partial charge in [-0.25, -0.2) is 0 Å². The highest BCUT2D eigenvalue weighted by Crippen LogP contribution is 2.14. The van der Waals surface area contributed by atoms with Crippen molar-refractivity contribution in [2.45, 2.75) is 277 Å². The Kier molecular flexibility index (Phi) is 56.4. The van der Waals surface area contributed by atoms with Crippen LogP contribution >= 0.6 is 0 Å². The van der Waals surface area contributed by atoms with Crippen LogP contribution in [0.15, 0.2) is 109 Å². The number of rotatable bonds is 53. The summed E-state index contributed by atoms with van der Waals surface area (Å²) in [7, 11) is 0. The molecule has 0 saturated heterocycles. The van der Waals surface area contributed by atoms with E-state index in [2.05, 4.69) is 130 Å². The number of hydrogen-bond donors (Lipinski definition) is 0. The topological polar surface area (TPSA) is 78.9 Å². The predicted molar refractivity (Wildman–Crippen MR) is 311 cm³/mol. The Morgan fingerprint density at radius 1 is 0.306 bits per heavy atom. The van der Waals surface area contributed by atoms with Gasteiger partial charge < -0.3 is 14.2 Å². The third-order valence-electron chi connectivity index (χ3n) is 12.5. The van der Waals surface area contributed by atoms with E-state index in [4.69, 9.17) is 14.2 Å². The maximum absolute atomic E-state index is 12.9. The molecule has 0 spiro atoms. The Hall–Kier alpha value is -3.93. The maximum Gasteiger partial charge on any atom is 0.306 e. The minimum Gasteiger partial charge on any atom is -0.462 e. The predicted octanol–water partition coefficient (Wildman–Crippen LogP) is 20.3. The van der Waals surface area contributed by atoms with Crippen LogP contribution in [0.25, 0.3) is 0 Å². The molecular formula is C66H110O6. The van der Waals surface area contributed by atoms with Gasteiger partial charge in [0.05, 0.1) is 0 Å². The SMILES string of the molecule is CC/C=C\C/C=C\C/C=C\C/C=C\C/C=C\CCCC(=O)OCC(COC(=O)CCCCCCCCC/C=C\CCCCCCCCCC)OC(=O)CCCCCCC\C=C/C=C\C=C/CCCCCCC. The molecule has 6 nitrogen and oxygen atoms in total. The van der Waals surface area contributed by atoms with E-state index in [-0.39, 0.29) is 37.5 Å². The molecule has 0 rings (SSSR count). The van der Waals surface area contributed by atoms with Crippen LogP contribution in [-0.2, 0) is 28.6 Å². The largest absolute Gasteiger partial charge is 0.462 e. The fourth-order valence-electron chi connectivity index (χ4n) is 8.06. The standard InChI is InChI=1S/C66H110O6/c1-4-7-10-13-16-19-22-25-28-31-33-36-38-41-44-47-50-53-56-59-65(68)71-62-63(61-70-64(67)58-55-52-49-46-43-40-37-34-30-27-24-21-18-15-12-9-6-3)72-66(69)60-57-54-51-48-45-42-39-35-32-29-26-23-20-17-14-11-8-5-2/h9,12,18,21,23,26-27,29-33,35,37,39-40,46,49,63H,4-8,10-11,13-17,19-20,22,24-25,28,34,36,38,41-45,47-48,50-62H2,1-3H3/b12-9-,21-18-,26-23-,30-27-,32-29-,33-31-,39-35-,40-37-,49-46-. The highest BCUT2D eigenvalue weighted by Gasteiger charge is 2.19. The van der Waals surface area contributed by atoms with Crippen molar-refractivity contribution in [3.05, 3.63) is 109 Å². The van der Waals surface area contributed by atoms with Crippen LogP contribution in [-0.4, -0.2) is 37.2 Å². The molecule has 72 heavy (non-hydrogen) atoms. The Labute approximate surface area is 444 Å². The van der Waals surface area contributed by atoms with Gasteiger partial charge in [0, 0.05) is 19.3 Å². The zero-order valence-electron chi connectivity index (χ0n) is 46.9. The van der Waals surface area contributed by atoms with Gasteiger partial charge in [0.15, 0.2) is 6.10 Å². The van der Waals surface area contributed by atoms with Crippen molar-refractivity contribution in [2.24, 2.45) is 0 Å². The quantitative estimate of drug-likeness (QED) is 0.0199. The lowest BCUT2D eigenvalue weighted by molar-refractivity contribution is -0.167. The number of unbranched alkanes of at least 4 members (excludes halogenated alkanes) is 26. The van der Waals surface area contributed by atoms with Crippen molar-refractivity contribution in [1.82, 2.24) is 0 Å². The van der Waals surface area contributed by atoms with Gasteiger partial charge in [-0.2, -0.15) is 0 Å². The van der Waals surface area contributed by atoms with Crippen molar-refractivity contribution < 1.29 is 28.6 Å². The number of hydrogen-bond acceptors (Lipinski definition) is 6. The van der Waals surface area contributed by atoms with Crippen LogP contribution in [0.5, 0.6) is 0 Å². The molecule has 0 radical (unpaired) electrons. The lowest BCUT2D eigenvalue weighted by Gasteiger charge is -2.18. The average Bonchev–Trinajstić information content (AvgIpc) is 3.38. The van der Waals surface area contributed by atoms with Crippen LogP contribution in [0.2, 0.25) is 0 Å². The normalized spacial score (nSPS) is 12.9. The van der Waals surface area contributed by atoms with Crippen molar-refractivity contribution in [3.8, 4) is 0 Å². The van der Waals surface area contributed by atoms with Crippen LogP contribution in [0.4, 0.5) is 0 Å². The molecule has 0 aromatic heterocycles. The van der Waals surface area contributed by atoms with Crippen LogP contribution in [0.3, 0.4) is 0 Å². The second-order valence-corrected chi connectivity index (χ2v) is 19.6. The Balaban J connectivity index is 4.52. The lowest BCUT2D eigenvalue weighted by atomic mass is 10.1. The summed E-state index contributed by atoms with van der Waals surface area (Å²) in [4.78, 5) is 38.2. The molecule has 0 aromatic carbocycles. The molecule has 0 amide bonds. The summed E-state index contributed by atoms with van der Waals surface area (Å²) in [6, 6.07) is 0. The zero-order chi connectivity index (χ0) is 52.2. The van der Waals surface area contributed by atoms with E-state index >= 15 is 0 Å². The highest BCUT2D eigenvalue weighted by atomic mass is 16.6. The summed E-state index contributed by atoms with van der Waals surface area (Å²) in [6.45, 7) is 6.45. The Morgan fingerprint density at radius 3 is 1.03 bits per heavy atom. The van der Waals surface area contributed by atoms with Crippen molar-refractivity contribution in [2.75, 3.05) is 13.2 Å². The molecule has 1 unspecified atom stereocenters. The molecular weight excluding hydrogens is 889 g/mol. The van der Waals surface area contributed by atoms with Gasteiger partial charge in [-0.15, -0.1) is 0 Å². The number of allylic oxidation sites excluding steroid dienone is 18. The van der Waals surface area contributed by atoms with Crippen LogP contribution < -0.4 is 0 Å². The summed E-state index contributed by atoms with van der Waals surface area (Å²) in [5, 5.41) is 0. The van der Waals surface area contributed by atoms with Gasteiger partial charge in [-0.1, -0.05) is 252 Å². The minimum absolute atomic E-state index is 0.108. The molecule has 0 saturated carbocycles. The van der Waals surface area contributed by atoms with Crippen LogP contribution in [0, 0.1) is 0 Å². The van der Waals surface area contributed by atoms with Gasteiger partial charge in [0.1, 0.15) is 13.2 Å². The Bertz CT molecular complexity index is 1470. The summed E-state index contributed by atoms with van der Waals surface area (Å²) in [6.07, 6.45) is 80.8. The molecule has 0 aliphatic rings. The molecule has 0 aliphatic heterocycles. The molecule has 0 fully saturated rings. The Morgan fingerprint density at radius 2 is 0.611 bits per heavy atom. The van der Waals surface area contributed by atoms with Gasteiger partial charge in [-0.3, -0.25) is 14.4 Å². The zero-order valence-corrected chi connectivity index (χ0v) is 46.9. The molecule has 0 heterocycles. The van der Waals surface area contributed by atoms with E-state index in [1.807, 2.05) is 0 Å². The number of carbonyl (C=O) groups excluding carboxylic acids is 3. The van der Waals surface area contributed by atoms with E-state index in [9.17, 15) is 14.4 Å². The second kappa shape index (κ2) is 59.6. The number of ether oxygens (including phenoxy) is 3. The first-order valence-electron chi connectivity index (χ1n) is 29.9. The van der Waals surface area contributed by atoms with Gasteiger partial charge in [0.2, 0.25) is 0 Å². The first-order valence-corrected chi connectivity index (χ1v) is 29.9. The second-order valence-electron chi connectivity index (χ2n) is 19.6. The molecule has 0 bridgehead atoms. The third-order valence-corrected chi connectivity index (χ3v) is 12.5. The van der Waals surface area contributed by atoms with E-state index in [1.165, 1.54) is 122 Å². The summed E-state index contributed by atoms with van der Waals surface area (Å²) in [5.74, 6) is -0.989. The van der Waals surface area contributed by atoms with E-state index in [1.54, 1.807) is 0 Å². The molecule has 410 valence electrons. The minimum atomic E-state index is -0.816. The van der Waals surface area contributed by atoms with Crippen molar-refractivity contribution >= 4 is 17.9 Å². The maximum atomic E-state index is 12.9. The third kappa shape index (κ3) is 57.0. The summed E-state index contributed by atoms with van der Waals surface area (Å²) >= 11 is 0. The first kappa shape index (κ1) is 68.1. The average molecular weight is 1000 g/mol. The molecule has 0 aliphatic carbocycles. The van der Waals surface area contributed by atoms with E-state index < -0.39 is 6.10 Å². The molecule has 0 aromatic rings. The van der Waals surface area contributed by atoms with E-state index in [0.717, 1.165) is 103 Å². The first-order chi connectivity index (χ1) is 35.5.